The van der Waals surface area contributed by atoms with Crippen molar-refractivity contribution in [3.8, 4) is 5.75 Å². The Morgan fingerprint density at radius 3 is 2.52 bits per heavy atom. The van der Waals surface area contributed by atoms with Crippen molar-refractivity contribution in [2.75, 3.05) is 24.7 Å². The SMILES string of the molecule is CCn1c(CCNC(=O)c2ccc(Cl)c(Cl)c2)nnc1SCC(=O)Nc1ccc(OC)cc1. The van der Waals surface area contributed by atoms with E-state index in [4.69, 9.17) is 27.9 Å². The molecule has 0 atom stereocenters. The van der Waals surface area contributed by atoms with Crippen LogP contribution in [-0.4, -0.2) is 46.0 Å². The van der Waals surface area contributed by atoms with Crippen molar-refractivity contribution in [1.29, 1.82) is 0 Å². The Morgan fingerprint density at radius 2 is 1.85 bits per heavy atom. The Hall–Kier alpha value is -2.75. The number of carbonyl (C=O) groups excluding carboxylic acids is 2. The molecule has 0 saturated carbocycles. The molecule has 11 heteroatoms. The lowest BCUT2D eigenvalue weighted by atomic mass is 10.2. The summed E-state index contributed by atoms with van der Waals surface area (Å²) in [6.07, 6.45) is 0.493. The van der Waals surface area contributed by atoms with Crippen molar-refractivity contribution in [3.63, 3.8) is 0 Å². The molecule has 0 aliphatic carbocycles. The lowest BCUT2D eigenvalue weighted by Crippen LogP contribution is -2.26. The first-order valence-electron chi connectivity index (χ1n) is 10.1. The Bertz CT molecular complexity index is 1120. The van der Waals surface area contributed by atoms with Gasteiger partial charge in [0.25, 0.3) is 5.91 Å². The van der Waals surface area contributed by atoms with E-state index in [2.05, 4.69) is 20.8 Å². The van der Waals surface area contributed by atoms with Gasteiger partial charge in [-0.05, 0) is 49.4 Å². The summed E-state index contributed by atoms with van der Waals surface area (Å²) < 4.78 is 7.04. The number of anilines is 1. The van der Waals surface area contributed by atoms with Gasteiger partial charge in [-0.3, -0.25) is 9.59 Å². The first-order valence-corrected chi connectivity index (χ1v) is 11.9. The second kappa shape index (κ2) is 11.9. The molecule has 174 valence electrons. The Kier molecular flexibility index (Phi) is 8.99. The third-order valence-electron chi connectivity index (χ3n) is 4.63. The number of ether oxygens (including phenoxy) is 1. The highest BCUT2D eigenvalue weighted by atomic mass is 35.5. The van der Waals surface area contributed by atoms with E-state index in [0.717, 1.165) is 11.6 Å². The predicted molar refractivity (Wildman–Crippen MR) is 131 cm³/mol. The van der Waals surface area contributed by atoms with Gasteiger partial charge in [0.05, 0.1) is 22.9 Å². The van der Waals surface area contributed by atoms with E-state index in [0.29, 0.717) is 46.0 Å². The number of halogens is 2. The summed E-state index contributed by atoms with van der Waals surface area (Å²) >= 11 is 13.2. The molecular weight excluding hydrogens is 485 g/mol. The maximum Gasteiger partial charge on any atom is 0.251 e. The molecule has 1 heterocycles. The maximum atomic E-state index is 12.3. The van der Waals surface area contributed by atoms with Crippen LogP contribution in [0.2, 0.25) is 10.0 Å². The van der Waals surface area contributed by atoms with Gasteiger partial charge < -0.3 is 19.9 Å². The van der Waals surface area contributed by atoms with Gasteiger partial charge in [-0.1, -0.05) is 35.0 Å². The molecule has 8 nitrogen and oxygen atoms in total. The van der Waals surface area contributed by atoms with Crippen molar-refractivity contribution < 1.29 is 14.3 Å². The smallest absolute Gasteiger partial charge is 0.251 e. The van der Waals surface area contributed by atoms with Crippen LogP contribution in [0.4, 0.5) is 5.69 Å². The number of methoxy groups -OCH3 is 1. The number of carbonyl (C=O) groups is 2. The van der Waals surface area contributed by atoms with Gasteiger partial charge in [-0.15, -0.1) is 10.2 Å². The van der Waals surface area contributed by atoms with Gasteiger partial charge in [-0.2, -0.15) is 0 Å². The molecule has 2 amide bonds. The Morgan fingerprint density at radius 1 is 1.09 bits per heavy atom. The number of rotatable bonds is 10. The lowest BCUT2D eigenvalue weighted by Gasteiger charge is -2.09. The predicted octanol–water partition coefficient (Wildman–Crippen LogP) is 4.32. The molecule has 1 aromatic heterocycles. The zero-order valence-corrected chi connectivity index (χ0v) is 20.4. The number of benzene rings is 2. The summed E-state index contributed by atoms with van der Waals surface area (Å²) in [4.78, 5) is 24.6. The van der Waals surface area contributed by atoms with E-state index < -0.39 is 0 Å². The van der Waals surface area contributed by atoms with Crippen LogP contribution in [0.1, 0.15) is 23.1 Å². The second-order valence-electron chi connectivity index (χ2n) is 6.84. The zero-order chi connectivity index (χ0) is 23.8. The molecular formula is C22H23Cl2N5O3S. The number of hydrogen-bond acceptors (Lipinski definition) is 6. The largest absolute Gasteiger partial charge is 0.497 e. The van der Waals surface area contributed by atoms with E-state index in [-0.39, 0.29) is 17.6 Å². The van der Waals surface area contributed by atoms with Crippen LogP contribution in [0.15, 0.2) is 47.6 Å². The molecule has 0 saturated heterocycles. The van der Waals surface area contributed by atoms with Crippen LogP contribution in [0, 0.1) is 0 Å². The molecule has 0 unspecified atom stereocenters. The van der Waals surface area contributed by atoms with Crippen LogP contribution in [0.5, 0.6) is 5.75 Å². The van der Waals surface area contributed by atoms with Crippen LogP contribution in [0.3, 0.4) is 0 Å². The normalized spacial score (nSPS) is 10.7. The van der Waals surface area contributed by atoms with Crippen molar-refractivity contribution >= 4 is 52.5 Å². The number of nitrogens with one attached hydrogen (secondary N) is 2. The van der Waals surface area contributed by atoms with Gasteiger partial charge in [-0.25, -0.2) is 0 Å². The van der Waals surface area contributed by atoms with Crippen molar-refractivity contribution in [2.45, 2.75) is 25.0 Å². The molecule has 0 aliphatic heterocycles. The Labute approximate surface area is 206 Å². The van der Waals surface area contributed by atoms with Crippen LogP contribution in [-0.2, 0) is 17.8 Å². The van der Waals surface area contributed by atoms with Crippen molar-refractivity contribution in [2.24, 2.45) is 0 Å². The highest BCUT2D eigenvalue weighted by Crippen LogP contribution is 2.23. The van der Waals surface area contributed by atoms with E-state index >= 15 is 0 Å². The van der Waals surface area contributed by atoms with Gasteiger partial charge in [0, 0.05) is 30.8 Å². The average molecular weight is 508 g/mol. The highest BCUT2D eigenvalue weighted by molar-refractivity contribution is 7.99. The topological polar surface area (TPSA) is 98.1 Å². The minimum absolute atomic E-state index is 0.147. The summed E-state index contributed by atoms with van der Waals surface area (Å²) in [7, 11) is 1.59. The summed E-state index contributed by atoms with van der Waals surface area (Å²) in [5.41, 5.74) is 1.12. The van der Waals surface area contributed by atoms with Crippen LogP contribution < -0.4 is 15.4 Å². The van der Waals surface area contributed by atoms with Gasteiger partial charge in [0.2, 0.25) is 5.91 Å². The monoisotopic (exact) mass is 507 g/mol. The molecule has 3 rings (SSSR count). The van der Waals surface area contributed by atoms with Crippen molar-refractivity contribution in [1.82, 2.24) is 20.1 Å². The molecule has 0 fully saturated rings. The number of nitrogens with zero attached hydrogens (tertiary/aromatic N) is 3. The first kappa shape index (κ1) is 24.9. The third kappa shape index (κ3) is 6.86. The molecule has 2 N–H and O–H groups in total. The average Bonchev–Trinajstić information content (AvgIpc) is 3.21. The minimum Gasteiger partial charge on any atom is -0.497 e. The zero-order valence-electron chi connectivity index (χ0n) is 18.1. The van der Waals surface area contributed by atoms with Crippen LogP contribution >= 0.6 is 35.0 Å². The summed E-state index contributed by atoms with van der Waals surface area (Å²) in [6, 6.07) is 11.8. The molecule has 0 radical (unpaired) electrons. The van der Waals surface area contributed by atoms with E-state index in [1.807, 2.05) is 11.5 Å². The first-order chi connectivity index (χ1) is 15.9. The maximum absolute atomic E-state index is 12.3. The minimum atomic E-state index is -0.249. The van der Waals surface area contributed by atoms with E-state index in [9.17, 15) is 9.59 Å². The number of hydrogen-bond donors (Lipinski definition) is 2. The van der Waals surface area contributed by atoms with Gasteiger partial charge >= 0.3 is 0 Å². The third-order valence-corrected chi connectivity index (χ3v) is 6.34. The fourth-order valence-corrected chi connectivity index (χ4v) is 4.08. The standard InChI is InChI=1S/C22H23Cl2N5O3S/c1-3-29-19(10-11-25-21(31)14-4-9-17(23)18(24)12-14)27-28-22(29)33-13-20(30)26-15-5-7-16(32-2)8-6-15/h4-9,12H,3,10-11,13H2,1-2H3,(H,25,31)(H,26,30). The summed E-state index contributed by atoms with van der Waals surface area (Å²) in [6.45, 7) is 2.99. The van der Waals surface area contributed by atoms with Crippen LogP contribution in [0.25, 0.3) is 0 Å². The Balaban J connectivity index is 1.50. The lowest BCUT2D eigenvalue weighted by molar-refractivity contribution is -0.113. The fraction of sp³-hybridized carbons (Fsp3) is 0.273. The highest BCUT2D eigenvalue weighted by Gasteiger charge is 2.14. The second-order valence-corrected chi connectivity index (χ2v) is 8.60. The van der Waals surface area contributed by atoms with Crippen molar-refractivity contribution in [3.05, 3.63) is 63.9 Å². The van der Waals surface area contributed by atoms with Gasteiger partial charge in [0.15, 0.2) is 5.16 Å². The summed E-state index contributed by atoms with van der Waals surface area (Å²) in [5.74, 6) is 1.24. The molecule has 2 aromatic carbocycles. The number of aromatic nitrogens is 3. The molecule has 0 spiro atoms. The molecule has 0 bridgehead atoms. The molecule has 33 heavy (non-hydrogen) atoms. The van der Waals surface area contributed by atoms with E-state index in [1.165, 1.54) is 17.8 Å². The summed E-state index contributed by atoms with van der Waals surface area (Å²) in [5, 5.41) is 15.5. The fourth-order valence-electron chi connectivity index (χ4n) is 2.96. The van der Waals surface area contributed by atoms with Gasteiger partial charge in [0.1, 0.15) is 11.6 Å². The molecule has 0 aliphatic rings. The quantitative estimate of drug-likeness (QED) is 0.396. The number of thioether (sulfide) groups is 1. The number of amides is 2. The van der Waals surface area contributed by atoms with E-state index in [1.54, 1.807) is 43.5 Å². The molecule has 3 aromatic rings.